The molecule has 0 aromatic carbocycles. The van der Waals surface area contributed by atoms with E-state index >= 15 is 0 Å². The number of hydrogen-bond acceptors (Lipinski definition) is 3. The van der Waals surface area contributed by atoms with Gasteiger partial charge in [-0.15, -0.1) is 0 Å². The molecule has 0 aromatic heterocycles. The van der Waals surface area contributed by atoms with E-state index in [1.807, 2.05) is 6.92 Å². The summed E-state index contributed by atoms with van der Waals surface area (Å²) in [6, 6.07) is 0.317. The van der Waals surface area contributed by atoms with Crippen molar-refractivity contribution in [2.45, 2.75) is 70.9 Å². The van der Waals surface area contributed by atoms with Crippen LogP contribution in [0.4, 0.5) is 0 Å². The lowest BCUT2D eigenvalue weighted by atomic mass is 9.83. The smallest absolute Gasteiger partial charge is 0.0638 e. The zero-order chi connectivity index (χ0) is 13.4. The van der Waals surface area contributed by atoms with Gasteiger partial charge in [0, 0.05) is 12.6 Å². The first kappa shape index (κ1) is 15.9. The average Bonchev–Trinajstić information content (AvgIpc) is 2.35. The summed E-state index contributed by atoms with van der Waals surface area (Å²) in [6.07, 6.45) is 6.66. The summed E-state index contributed by atoms with van der Waals surface area (Å²) in [4.78, 5) is 0. The molecule has 1 saturated heterocycles. The molecule has 1 aliphatic rings. The van der Waals surface area contributed by atoms with Crippen LogP contribution in [-0.4, -0.2) is 36.5 Å². The van der Waals surface area contributed by atoms with Crippen LogP contribution in [0, 0.1) is 5.92 Å². The van der Waals surface area contributed by atoms with Gasteiger partial charge < -0.3 is 15.2 Å². The molecule has 3 unspecified atom stereocenters. The molecule has 108 valence electrons. The highest BCUT2D eigenvalue weighted by Crippen LogP contribution is 2.27. The van der Waals surface area contributed by atoms with E-state index in [4.69, 9.17) is 4.74 Å². The fourth-order valence-corrected chi connectivity index (χ4v) is 2.93. The zero-order valence-corrected chi connectivity index (χ0v) is 12.4. The number of morpholine rings is 1. The van der Waals surface area contributed by atoms with Crippen molar-refractivity contribution in [2.24, 2.45) is 5.92 Å². The van der Waals surface area contributed by atoms with Crippen molar-refractivity contribution >= 4 is 0 Å². The molecule has 3 atom stereocenters. The van der Waals surface area contributed by atoms with E-state index in [9.17, 15) is 5.11 Å². The first-order valence-corrected chi connectivity index (χ1v) is 7.61. The lowest BCUT2D eigenvalue weighted by molar-refractivity contribution is -0.0105. The Morgan fingerprint density at radius 1 is 1.44 bits per heavy atom. The van der Waals surface area contributed by atoms with E-state index in [0.717, 1.165) is 32.6 Å². The summed E-state index contributed by atoms with van der Waals surface area (Å²) in [5.41, 5.74) is -0.563. The van der Waals surface area contributed by atoms with Crippen molar-refractivity contribution in [1.29, 1.82) is 0 Å². The Morgan fingerprint density at radius 3 is 2.78 bits per heavy atom. The van der Waals surface area contributed by atoms with Gasteiger partial charge in [-0.25, -0.2) is 0 Å². The highest BCUT2D eigenvalue weighted by molar-refractivity contribution is 4.84. The molecular formula is C15H31NO2. The minimum Gasteiger partial charge on any atom is -0.390 e. The van der Waals surface area contributed by atoms with Crippen LogP contribution >= 0.6 is 0 Å². The van der Waals surface area contributed by atoms with Crippen LogP contribution < -0.4 is 5.32 Å². The number of nitrogens with one attached hydrogen (secondary N) is 1. The van der Waals surface area contributed by atoms with Gasteiger partial charge in [0.1, 0.15) is 0 Å². The van der Waals surface area contributed by atoms with Gasteiger partial charge in [0.2, 0.25) is 0 Å². The molecule has 1 heterocycles. The number of hydrogen-bond donors (Lipinski definition) is 2. The molecule has 0 radical (unpaired) electrons. The standard InChI is InChI=1S/C15H31NO2/c1-4-6-7-13(5-2)10-15(3,17)11-14-12-18-9-8-16-14/h13-14,16-17H,4-12H2,1-3H3. The predicted octanol–water partition coefficient (Wildman–Crippen LogP) is 2.72. The number of aliphatic hydroxyl groups is 1. The number of ether oxygens (including phenoxy) is 1. The molecule has 0 amide bonds. The summed E-state index contributed by atoms with van der Waals surface area (Å²) in [5, 5.41) is 14.0. The molecule has 1 aliphatic heterocycles. The fraction of sp³-hybridized carbons (Fsp3) is 1.00. The van der Waals surface area contributed by atoms with Crippen LogP contribution in [0.3, 0.4) is 0 Å². The molecule has 0 saturated carbocycles. The first-order chi connectivity index (χ1) is 8.57. The van der Waals surface area contributed by atoms with Crippen LogP contribution in [-0.2, 0) is 4.74 Å². The van der Waals surface area contributed by atoms with E-state index in [2.05, 4.69) is 19.2 Å². The Hall–Kier alpha value is -0.120. The van der Waals surface area contributed by atoms with E-state index < -0.39 is 5.60 Å². The van der Waals surface area contributed by atoms with Crippen molar-refractivity contribution in [2.75, 3.05) is 19.8 Å². The molecule has 0 aliphatic carbocycles. The second-order valence-electron chi connectivity index (χ2n) is 6.05. The summed E-state index contributed by atoms with van der Waals surface area (Å²) in [5.74, 6) is 0.657. The lowest BCUT2D eigenvalue weighted by Crippen LogP contribution is -2.46. The average molecular weight is 257 g/mol. The molecule has 0 aromatic rings. The van der Waals surface area contributed by atoms with Crippen LogP contribution in [0.5, 0.6) is 0 Å². The quantitative estimate of drug-likeness (QED) is 0.702. The molecule has 0 bridgehead atoms. The maximum atomic E-state index is 10.6. The minimum atomic E-state index is -0.563. The summed E-state index contributed by atoms with van der Waals surface area (Å²) in [6.45, 7) is 8.90. The molecule has 1 rings (SSSR count). The topological polar surface area (TPSA) is 41.5 Å². The van der Waals surface area contributed by atoms with Gasteiger partial charge in [-0.2, -0.15) is 0 Å². The Bertz CT molecular complexity index is 213. The maximum absolute atomic E-state index is 10.6. The molecule has 1 fully saturated rings. The third kappa shape index (κ3) is 6.17. The maximum Gasteiger partial charge on any atom is 0.0638 e. The number of unbranched alkanes of at least 4 members (excludes halogenated alkanes) is 1. The van der Waals surface area contributed by atoms with Crippen molar-refractivity contribution < 1.29 is 9.84 Å². The van der Waals surface area contributed by atoms with E-state index in [0.29, 0.717) is 12.0 Å². The van der Waals surface area contributed by atoms with Gasteiger partial charge in [0.15, 0.2) is 0 Å². The summed E-state index contributed by atoms with van der Waals surface area (Å²) in [7, 11) is 0. The van der Waals surface area contributed by atoms with E-state index in [-0.39, 0.29) is 0 Å². The third-order valence-corrected chi connectivity index (χ3v) is 3.96. The summed E-state index contributed by atoms with van der Waals surface area (Å²) >= 11 is 0. The number of rotatable bonds is 8. The van der Waals surface area contributed by atoms with Gasteiger partial charge in [0.05, 0.1) is 18.8 Å². The van der Waals surface area contributed by atoms with E-state index in [1.165, 1.54) is 25.7 Å². The summed E-state index contributed by atoms with van der Waals surface area (Å²) < 4.78 is 5.45. The van der Waals surface area contributed by atoms with Crippen LogP contribution in [0.1, 0.15) is 59.3 Å². The lowest BCUT2D eigenvalue weighted by Gasteiger charge is -2.33. The molecular weight excluding hydrogens is 226 g/mol. The minimum absolute atomic E-state index is 0.317. The third-order valence-electron chi connectivity index (χ3n) is 3.96. The van der Waals surface area contributed by atoms with Crippen molar-refractivity contribution in [3.63, 3.8) is 0 Å². The SMILES string of the molecule is CCCCC(CC)CC(C)(O)CC1COCCN1. The van der Waals surface area contributed by atoms with E-state index in [1.54, 1.807) is 0 Å². The fourth-order valence-electron chi connectivity index (χ4n) is 2.93. The van der Waals surface area contributed by atoms with Gasteiger partial charge in [-0.1, -0.05) is 39.5 Å². The largest absolute Gasteiger partial charge is 0.390 e. The Kier molecular flexibility index (Phi) is 7.20. The van der Waals surface area contributed by atoms with Crippen molar-refractivity contribution in [1.82, 2.24) is 5.32 Å². The van der Waals surface area contributed by atoms with Gasteiger partial charge in [-0.3, -0.25) is 0 Å². The molecule has 2 N–H and O–H groups in total. The van der Waals surface area contributed by atoms with Crippen LogP contribution in [0.25, 0.3) is 0 Å². The monoisotopic (exact) mass is 257 g/mol. The molecule has 0 spiro atoms. The normalized spacial score (nSPS) is 25.7. The van der Waals surface area contributed by atoms with Crippen LogP contribution in [0.2, 0.25) is 0 Å². The van der Waals surface area contributed by atoms with Crippen LogP contribution in [0.15, 0.2) is 0 Å². The second kappa shape index (κ2) is 8.13. The highest BCUT2D eigenvalue weighted by atomic mass is 16.5. The zero-order valence-electron chi connectivity index (χ0n) is 12.4. The predicted molar refractivity (Wildman–Crippen MR) is 75.8 cm³/mol. The van der Waals surface area contributed by atoms with Crippen molar-refractivity contribution in [3.8, 4) is 0 Å². The Balaban J connectivity index is 2.35. The van der Waals surface area contributed by atoms with Crippen molar-refractivity contribution in [3.05, 3.63) is 0 Å². The highest BCUT2D eigenvalue weighted by Gasteiger charge is 2.29. The molecule has 3 nitrogen and oxygen atoms in total. The van der Waals surface area contributed by atoms with Gasteiger partial charge in [-0.05, 0) is 25.7 Å². The first-order valence-electron chi connectivity index (χ1n) is 7.61. The second-order valence-corrected chi connectivity index (χ2v) is 6.05. The van der Waals surface area contributed by atoms with Gasteiger partial charge in [0.25, 0.3) is 0 Å². The Morgan fingerprint density at radius 2 is 2.22 bits per heavy atom. The Labute approximate surface area is 112 Å². The molecule has 3 heteroatoms. The molecule has 18 heavy (non-hydrogen) atoms. The van der Waals surface area contributed by atoms with Gasteiger partial charge >= 0.3 is 0 Å².